The third kappa shape index (κ3) is 9.08. The van der Waals surface area contributed by atoms with Crippen LogP contribution in [0.3, 0.4) is 0 Å². The zero-order chi connectivity index (χ0) is 31.5. The van der Waals surface area contributed by atoms with Crippen molar-refractivity contribution < 1.29 is 40.0 Å². The molecule has 2 aromatic heterocycles. The van der Waals surface area contributed by atoms with Crippen LogP contribution >= 0.6 is 11.6 Å². The van der Waals surface area contributed by atoms with Crippen LogP contribution in [0.1, 0.15) is 54.5 Å². The average Bonchev–Trinajstić information content (AvgIpc) is 3.65. The molecule has 0 aliphatic carbocycles. The van der Waals surface area contributed by atoms with E-state index in [4.69, 9.17) is 37.2 Å². The van der Waals surface area contributed by atoms with Crippen LogP contribution in [0.2, 0.25) is 5.15 Å². The Bertz CT molecular complexity index is 1470. The molecule has 1 atom stereocenters. The maximum absolute atomic E-state index is 13.2. The van der Waals surface area contributed by atoms with E-state index in [1.165, 1.54) is 0 Å². The maximum Gasteiger partial charge on any atom is 0.358 e. The molecule has 0 fully saturated rings. The minimum absolute atomic E-state index is 0.0311. The molecule has 0 aliphatic heterocycles. The first-order valence-electron chi connectivity index (χ1n) is 13.8. The van der Waals surface area contributed by atoms with E-state index in [2.05, 4.69) is 42.2 Å². The Hall–Kier alpha value is -3.84. The summed E-state index contributed by atoms with van der Waals surface area (Å²) in [6.07, 6.45) is 1.71. The van der Waals surface area contributed by atoms with E-state index in [9.17, 15) is 4.79 Å². The van der Waals surface area contributed by atoms with Gasteiger partial charge in [-0.2, -0.15) is 5.21 Å². The van der Waals surface area contributed by atoms with Crippen molar-refractivity contribution in [1.29, 1.82) is 0 Å². The van der Waals surface area contributed by atoms with Crippen LogP contribution in [0.5, 0.6) is 0 Å². The number of aromatic amines is 1. The number of unbranched alkanes of at least 4 members (excludes halogenated alkanes) is 1. The number of ether oxygens (including phenoxy) is 1. The van der Waals surface area contributed by atoms with Gasteiger partial charge in [-0.15, -0.1) is 10.2 Å². The number of hydrogen-bond donors (Lipinski definition) is 5. The van der Waals surface area contributed by atoms with Crippen LogP contribution in [0.15, 0.2) is 48.5 Å². The lowest BCUT2D eigenvalue weighted by atomic mass is 9.98. The van der Waals surface area contributed by atoms with Crippen molar-refractivity contribution in [3.63, 3.8) is 0 Å². The summed E-state index contributed by atoms with van der Waals surface area (Å²) in [4.78, 5) is 26.8. The summed E-state index contributed by atoms with van der Waals surface area (Å²) in [6, 6.07) is 15.6. The van der Waals surface area contributed by atoms with Crippen molar-refractivity contribution in [2.24, 2.45) is 0 Å². The first-order valence-corrected chi connectivity index (χ1v) is 14.1. The maximum atomic E-state index is 13.2. The number of nitrogens with one attached hydrogen (secondary N) is 1. The predicted molar refractivity (Wildman–Crippen MR) is 151 cm³/mol. The van der Waals surface area contributed by atoms with Gasteiger partial charge in [0.15, 0.2) is 10.8 Å². The highest BCUT2D eigenvalue weighted by Gasteiger charge is 2.24. The largest absolute Gasteiger partial charge is 0.461 e. The van der Waals surface area contributed by atoms with Crippen molar-refractivity contribution >= 4 is 17.6 Å². The number of esters is 1. The SMILES string of the molecule is CCCCc1nc(Cl)c(C(=O)OCCC[C@H](CON(O)O)ON(O)O)n1Cc1ccc(-c2ccccc2-c2nn[nH]n2)cc1. The van der Waals surface area contributed by atoms with Gasteiger partial charge in [0.1, 0.15) is 18.5 Å². The molecule has 0 aliphatic rings. The summed E-state index contributed by atoms with van der Waals surface area (Å²) in [5.41, 5.74) is 3.75. The van der Waals surface area contributed by atoms with Crippen LogP contribution in [0.4, 0.5) is 0 Å². The van der Waals surface area contributed by atoms with Crippen LogP contribution in [-0.2, 0) is 27.4 Å². The van der Waals surface area contributed by atoms with Crippen molar-refractivity contribution in [1.82, 2.24) is 41.0 Å². The number of hydrogen-bond acceptors (Lipinski definition) is 14. The van der Waals surface area contributed by atoms with Crippen LogP contribution in [0.25, 0.3) is 22.5 Å². The third-order valence-electron chi connectivity index (χ3n) is 6.59. The van der Waals surface area contributed by atoms with Gasteiger partial charge in [-0.25, -0.2) is 19.5 Å². The molecule has 0 saturated carbocycles. The third-order valence-corrected chi connectivity index (χ3v) is 6.86. The van der Waals surface area contributed by atoms with Crippen LogP contribution in [-0.4, -0.2) is 87.1 Å². The number of aryl methyl sites for hydroxylation is 1. The number of carbonyl (C=O) groups is 1. The highest BCUT2D eigenvalue weighted by Crippen LogP contribution is 2.30. The van der Waals surface area contributed by atoms with E-state index in [-0.39, 0.29) is 30.3 Å². The molecule has 0 unspecified atom stereocenters. The highest BCUT2D eigenvalue weighted by atomic mass is 35.5. The predicted octanol–water partition coefficient (Wildman–Crippen LogP) is 4.10. The van der Waals surface area contributed by atoms with Crippen molar-refractivity contribution in [3.05, 3.63) is 70.8 Å². The number of rotatable bonds is 17. The molecule has 0 bridgehead atoms. The molecule has 0 amide bonds. The summed E-state index contributed by atoms with van der Waals surface area (Å²) >= 11 is 6.45. The normalized spacial score (nSPS) is 12.3. The second-order valence-corrected chi connectivity index (χ2v) is 10.00. The first-order chi connectivity index (χ1) is 21.3. The van der Waals surface area contributed by atoms with Crippen LogP contribution in [0, 0.1) is 0 Å². The van der Waals surface area contributed by atoms with E-state index in [0.717, 1.165) is 35.1 Å². The molecule has 2 aromatic carbocycles. The fourth-order valence-electron chi connectivity index (χ4n) is 4.53. The molecule has 4 aromatic rings. The van der Waals surface area contributed by atoms with Crippen LogP contribution < -0.4 is 0 Å². The molecular formula is C27H33ClN8O8. The van der Waals surface area contributed by atoms with Crippen molar-refractivity contribution in [3.8, 4) is 22.5 Å². The molecule has 2 heterocycles. The fraction of sp³-hybridized carbons (Fsp3) is 0.370. The van der Waals surface area contributed by atoms with Gasteiger partial charge in [0.25, 0.3) is 0 Å². The lowest BCUT2D eigenvalue weighted by molar-refractivity contribution is -0.527. The Labute approximate surface area is 256 Å². The second kappa shape index (κ2) is 16.3. The quantitative estimate of drug-likeness (QED) is 0.0631. The minimum Gasteiger partial charge on any atom is -0.461 e. The summed E-state index contributed by atoms with van der Waals surface area (Å²) in [6.45, 7) is 1.88. The number of benzene rings is 2. The summed E-state index contributed by atoms with van der Waals surface area (Å²) < 4.78 is 7.22. The zero-order valence-electron chi connectivity index (χ0n) is 23.8. The number of imidazole rings is 1. The number of nitrogens with zero attached hydrogens (tertiary/aromatic N) is 7. The Kier molecular flexibility index (Phi) is 12.2. The Morgan fingerprint density at radius 1 is 1.05 bits per heavy atom. The van der Waals surface area contributed by atoms with Gasteiger partial charge in [0, 0.05) is 18.5 Å². The van der Waals surface area contributed by atoms with E-state index in [1.54, 1.807) is 4.57 Å². The number of aromatic nitrogens is 6. The molecule has 0 spiro atoms. The van der Waals surface area contributed by atoms with E-state index in [1.807, 2.05) is 48.5 Å². The summed E-state index contributed by atoms with van der Waals surface area (Å²) in [7, 11) is 0. The van der Waals surface area contributed by atoms with E-state index >= 15 is 0 Å². The summed E-state index contributed by atoms with van der Waals surface area (Å²) in [5.74, 6) is 0.473. The zero-order valence-corrected chi connectivity index (χ0v) is 24.5. The lowest BCUT2D eigenvalue weighted by Crippen LogP contribution is -2.31. The first kappa shape index (κ1) is 33.1. The molecule has 236 valence electrons. The van der Waals surface area contributed by atoms with Gasteiger partial charge in [-0.3, -0.25) is 20.8 Å². The van der Waals surface area contributed by atoms with Gasteiger partial charge >= 0.3 is 5.97 Å². The topological polar surface area (TPSA) is 204 Å². The van der Waals surface area contributed by atoms with Gasteiger partial charge in [-0.05, 0) is 41.2 Å². The molecular weight excluding hydrogens is 600 g/mol. The highest BCUT2D eigenvalue weighted by molar-refractivity contribution is 6.32. The molecule has 16 nitrogen and oxygen atoms in total. The summed E-state index contributed by atoms with van der Waals surface area (Å²) in [5, 5.41) is 48.6. The number of halogens is 1. The molecule has 0 radical (unpaired) electrons. The Morgan fingerprint density at radius 3 is 2.45 bits per heavy atom. The number of carbonyl (C=O) groups excluding carboxylic acids is 1. The molecule has 44 heavy (non-hydrogen) atoms. The fourth-order valence-corrected chi connectivity index (χ4v) is 4.81. The minimum atomic E-state index is -0.998. The van der Waals surface area contributed by atoms with Crippen molar-refractivity contribution in [2.45, 2.75) is 51.7 Å². The number of H-pyrrole nitrogens is 1. The molecule has 5 N–H and O–H groups in total. The molecule has 17 heteroatoms. The van der Waals surface area contributed by atoms with Gasteiger partial charge in [0.2, 0.25) is 5.82 Å². The molecule has 0 saturated heterocycles. The number of tetrazole rings is 1. The smallest absolute Gasteiger partial charge is 0.358 e. The second-order valence-electron chi connectivity index (χ2n) is 9.64. The van der Waals surface area contributed by atoms with E-state index in [0.29, 0.717) is 24.6 Å². The monoisotopic (exact) mass is 632 g/mol. The van der Waals surface area contributed by atoms with E-state index < -0.39 is 29.5 Å². The molecule has 4 rings (SSSR count). The van der Waals surface area contributed by atoms with Crippen molar-refractivity contribution in [2.75, 3.05) is 13.2 Å². The van der Waals surface area contributed by atoms with Gasteiger partial charge < -0.3 is 9.30 Å². The average molecular weight is 633 g/mol. The van der Waals surface area contributed by atoms with Gasteiger partial charge in [0.05, 0.1) is 17.4 Å². The lowest BCUT2D eigenvalue weighted by Gasteiger charge is -2.19. The van der Waals surface area contributed by atoms with Gasteiger partial charge in [-0.1, -0.05) is 73.5 Å². The standard InChI is InChI=1S/C27H33ClN8O8/c1-2-3-10-23-29-25(28)24(27(37)42-15-6-7-20(44-36(40)41)17-43-35(38)39)34(23)16-18-11-13-19(14-12-18)21-8-4-5-9-22(21)26-30-32-33-31-26/h4-5,8-9,11-14,20,38-41H,2-3,6-7,10,15-17H2,1H3,(H,30,31,32,33)/t20-/m1/s1. The Balaban J connectivity index is 1.47. The Morgan fingerprint density at radius 2 is 1.80 bits per heavy atom.